The Morgan fingerprint density at radius 1 is 0.816 bits per heavy atom. The molecule has 2 aliphatic carbocycles. The Morgan fingerprint density at radius 2 is 1.57 bits per heavy atom. The number of anilines is 2. The fraction of sp³-hybridized carbons (Fsp3) is 0.250. The maximum absolute atomic E-state index is 15.3. The van der Waals surface area contributed by atoms with Crippen molar-refractivity contribution >= 4 is 46.6 Å². The van der Waals surface area contributed by atoms with Gasteiger partial charge < -0.3 is 5.11 Å². The highest BCUT2D eigenvalue weighted by molar-refractivity contribution is 6.32. The summed E-state index contributed by atoms with van der Waals surface area (Å²) in [7, 11) is 0. The summed E-state index contributed by atoms with van der Waals surface area (Å²) in [6, 6.07) is 27.0. The molecule has 8 rings (SSSR count). The van der Waals surface area contributed by atoms with E-state index in [1.54, 1.807) is 54.6 Å². The van der Waals surface area contributed by atoms with Crippen LogP contribution in [0.15, 0.2) is 109 Å². The SMILES string of the molecule is CCc1ccc(N2C(=O)C3CC=C4C(CC5C(=O)N(c6cccc(Cl)c6)C(=O)C5(c5ccccc5)C4c4ccc(O)c(F)c4)C3C2=O)cc1. The molecule has 0 radical (unpaired) electrons. The summed E-state index contributed by atoms with van der Waals surface area (Å²) in [4.78, 5) is 60.8. The summed E-state index contributed by atoms with van der Waals surface area (Å²) in [6.45, 7) is 2.03. The molecule has 4 aromatic rings. The van der Waals surface area contributed by atoms with Crippen molar-refractivity contribution in [1.82, 2.24) is 0 Å². The third kappa shape index (κ3) is 4.46. The van der Waals surface area contributed by atoms with E-state index in [2.05, 4.69) is 0 Å². The van der Waals surface area contributed by atoms with Crippen molar-refractivity contribution in [2.75, 3.05) is 9.80 Å². The number of hydrogen-bond acceptors (Lipinski definition) is 5. The van der Waals surface area contributed by atoms with Gasteiger partial charge in [0.25, 0.3) is 0 Å². The minimum atomic E-state index is -1.53. The number of carbonyl (C=O) groups is 4. The van der Waals surface area contributed by atoms with Gasteiger partial charge in [-0.05, 0) is 84.3 Å². The molecule has 6 unspecified atom stereocenters. The molecule has 0 spiro atoms. The van der Waals surface area contributed by atoms with Crippen molar-refractivity contribution in [1.29, 1.82) is 0 Å². The number of aryl methyl sites for hydroxylation is 1. The van der Waals surface area contributed by atoms with Gasteiger partial charge in [0.05, 0.1) is 34.5 Å². The molecule has 3 fully saturated rings. The van der Waals surface area contributed by atoms with E-state index in [1.165, 1.54) is 21.9 Å². The lowest BCUT2D eigenvalue weighted by Crippen LogP contribution is -2.53. The van der Waals surface area contributed by atoms with Crippen molar-refractivity contribution in [3.63, 3.8) is 0 Å². The van der Waals surface area contributed by atoms with Crippen molar-refractivity contribution in [3.8, 4) is 5.75 Å². The van der Waals surface area contributed by atoms with E-state index in [9.17, 15) is 19.5 Å². The van der Waals surface area contributed by atoms with E-state index in [0.717, 1.165) is 12.0 Å². The number of hydrogen-bond donors (Lipinski definition) is 1. The van der Waals surface area contributed by atoms with E-state index in [1.807, 2.05) is 43.3 Å². The van der Waals surface area contributed by atoms with Crippen LogP contribution in [0.1, 0.15) is 42.4 Å². The van der Waals surface area contributed by atoms with Gasteiger partial charge in [-0.25, -0.2) is 9.29 Å². The third-order valence-corrected chi connectivity index (χ3v) is 11.3. The van der Waals surface area contributed by atoms with Gasteiger partial charge in [-0.3, -0.25) is 24.1 Å². The number of rotatable bonds is 5. The second kappa shape index (κ2) is 11.5. The number of allylic oxidation sites excluding steroid dienone is 2. The van der Waals surface area contributed by atoms with Gasteiger partial charge >= 0.3 is 0 Å². The van der Waals surface area contributed by atoms with Crippen molar-refractivity contribution in [2.24, 2.45) is 23.7 Å². The minimum absolute atomic E-state index is 0.127. The number of amides is 4. The topological polar surface area (TPSA) is 95.0 Å². The molecule has 246 valence electrons. The number of benzene rings is 4. The molecule has 4 aliphatic rings. The number of phenols is 1. The monoisotopic (exact) mass is 674 g/mol. The van der Waals surface area contributed by atoms with Crippen LogP contribution < -0.4 is 9.80 Å². The standard InChI is InChI=1S/C40H32ClFN2O5/c1-2-22-11-14-26(15-12-22)43-36(46)29-17-16-28-30(34(29)38(43)48)21-31-37(47)44(27-10-6-9-25(41)20-27)39(49)40(31,24-7-4-3-5-8-24)35(28)23-13-18-33(45)32(42)19-23/h3-16,18-20,29-31,34-35,45H,2,17,21H2,1H3. The van der Waals surface area contributed by atoms with Crippen LogP contribution >= 0.6 is 11.6 Å². The van der Waals surface area contributed by atoms with Gasteiger partial charge in [-0.15, -0.1) is 0 Å². The van der Waals surface area contributed by atoms with Crippen LogP contribution in [-0.2, 0) is 31.0 Å². The van der Waals surface area contributed by atoms with Crippen LogP contribution in [0, 0.1) is 29.5 Å². The Labute approximate surface area is 287 Å². The number of nitrogens with zero attached hydrogens (tertiary/aromatic N) is 2. The van der Waals surface area contributed by atoms with Crippen LogP contribution in [0.4, 0.5) is 15.8 Å². The molecule has 49 heavy (non-hydrogen) atoms. The summed E-state index contributed by atoms with van der Waals surface area (Å²) in [5, 5.41) is 10.5. The average Bonchev–Trinajstić information content (AvgIpc) is 3.50. The molecule has 0 aromatic heterocycles. The largest absolute Gasteiger partial charge is 0.505 e. The lowest BCUT2D eigenvalue weighted by atomic mass is 9.49. The highest BCUT2D eigenvalue weighted by atomic mass is 35.5. The van der Waals surface area contributed by atoms with Crippen LogP contribution in [0.25, 0.3) is 0 Å². The van der Waals surface area contributed by atoms with Gasteiger partial charge in [-0.1, -0.05) is 84.8 Å². The molecule has 1 N–H and O–H groups in total. The van der Waals surface area contributed by atoms with Crippen LogP contribution in [0.5, 0.6) is 5.75 Å². The molecular weight excluding hydrogens is 643 g/mol. The van der Waals surface area contributed by atoms with Gasteiger partial charge in [0.15, 0.2) is 11.6 Å². The van der Waals surface area contributed by atoms with Crippen molar-refractivity contribution in [3.05, 3.63) is 136 Å². The zero-order chi connectivity index (χ0) is 34.2. The number of aromatic hydroxyl groups is 1. The lowest BCUT2D eigenvalue weighted by molar-refractivity contribution is -0.127. The molecule has 4 amide bonds. The van der Waals surface area contributed by atoms with Gasteiger partial charge in [0.2, 0.25) is 23.6 Å². The molecule has 4 aromatic carbocycles. The first kappa shape index (κ1) is 31.2. The number of halogens is 2. The van der Waals surface area contributed by atoms with Crippen LogP contribution in [-0.4, -0.2) is 28.7 Å². The third-order valence-electron chi connectivity index (χ3n) is 11.1. The fourth-order valence-electron chi connectivity index (χ4n) is 8.96. The van der Waals surface area contributed by atoms with E-state index < -0.39 is 58.4 Å². The summed E-state index contributed by atoms with van der Waals surface area (Å²) in [6.07, 6.45) is 3.11. The molecular formula is C40H32ClFN2O5. The molecule has 1 saturated carbocycles. The first-order chi connectivity index (χ1) is 23.7. The second-order valence-corrected chi connectivity index (χ2v) is 13.8. The van der Waals surface area contributed by atoms with Crippen molar-refractivity contribution in [2.45, 2.75) is 37.5 Å². The number of imide groups is 2. The molecule has 7 nitrogen and oxygen atoms in total. The number of carbonyl (C=O) groups excluding carboxylic acids is 4. The maximum Gasteiger partial charge on any atom is 0.246 e. The van der Waals surface area contributed by atoms with Crippen LogP contribution in [0.2, 0.25) is 5.02 Å². The molecule has 6 atom stereocenters. The maximum atomic E-state index is 15.3. The number of fused-ring (bicyclic) bond motifs is 4. The molecule has 2 heterocycles. The normalized spacial score (nSPS) is 27.6. The predicted octanol–water partition coefficient (Wildman–Crippen LogP) is 7.11. The van der Waals surface area contributed by atoms with Crippen LogP contribution in [0.3, 0.4) is 0 Å². The zero-order valence-electron chi connectivity index (χ0n) is 26.6. The smallest absolute Gasteiger partial charge is 0.246 e. The highest BCUT2D eigenvalue weighted by Crippen LogP contribution is 2.64. The number of phenolic OH excluding ortho intramolecular Hbond substituents is 1. The van der Waals surface area contributed by atoms with Gasteiger partial charge in [-0.2, -0.15) is 0 Å². The predicted molar refractivity (Wildman–Crippen MR) is 182 cm³/mol. The van der Waals surface area contributed by atoms with E-state index >= 15 is 9.18 Å². The summed E-state index contributed by atoms with van der Waals surface area (Å²) in [5.74, 6) is -6.87. The lowest BCUT2D eigenvalue weighted by Gasteiger charge is -2.50. The van der Waals surface area contributed by atoms with E-state index in [-0.39, 0.29) is 24.7 Å². The Morgan fingerprint density at radius 3 is 2.27 bits per heavy atom. The summed E-state index contributed by atoms with van der Waals surface area (Å²) < 4.78 is 15.3. The second-order valence-electron chi connectivity index (χ2n) is 13.3. The Bertz CT molecular complexity index is 2080. The van der Waals surface area contributed by atoms with E-state index in [0.29, 0.717) is 33.1 Å². The zero-order valence-corrected chi connectivity index (χ0v) is 27.3. The molecule has 2 aliphatic heterocycles. The minimum Gasteiger partial charge on any atom is -0.505 e. The first-order valence-corrected chi connectivity index (χ1v) is 16.9. The van der Waals surface area contributed by atoms with E-state index in [4.69, 9.17) is 11.6 Å². The summed E-state index contributed by atoms with van der Waals surface area (Å²) in [5.41, 5.74) is 2.03. The quantitative estimate of drug-likeness (QED) is 0.180. The molecule has 9 heteroatoms. The molecule has 0 bridgehead atoms. The Hall–Kier alpha value is -5.08. The average molecular weight is 675 g/mol. The summed E-state index contributed by atoms with van der Waals surface area (Å²) >= 11 is 6.35. The highest BCUT2D eigenvalue weighted by Gasteiger charge is 2.70. The fourth-order valence-corrected chi connectivity index (χ4v) is 9.14. The van der Waals surface area contributed by atoms with Gasteiger partial charge in [0, 0.05) is 10.9 Å². The van der Waals surface area contributed by atoms with Gasteiger partial charge in [0.1, 0.15) is 0 Å². The first-order valence-electron chi connectivity index (χ1n) is 16.5. The Balaban J connectivity index is 1.34. The Kier molecular flexibility index (Phi) is 7.33. The molecule has 2 saturated heterocycles. The van der Waals surface area contributed by atoms with Crippen molar-refractivity contribution < 1.29 is 28.7 Å².